The summed E-state index contributed by atoms with van der Waals surface area (Å²) in [4.78, 5) is 7.54. The van der Waals surface area contributed by atoms with Crippen LogP contribution in [0.2, 0.25) is 0 Å². The number of benzene rings is 2. The van der Waals surface area contributed by atoms with Crippen molar-refractivity contribution in [3.8, 4) is 17.0 Å². The Morgan fingerprint density at radius 2 is 2.24 bits per heavy atom. The molecular weight excluding hydrogens is 262 g/mol. The zero-order valence-corrected chi connectivity index (χ0v) is 11.9. The SMILES string of the molecule is Cc1ncc(-c2ccc3c4c(ccc3c2)O[C@@H](CN)C4)[nH]1. The molecule has 2 heterocycles. The highest BCUT2D eigenvalue weighted by Crippen LogP contribution is 2.36. The average molecular weight is 279 g/mol. The molecule has 0 saturated carbocycles. The van der Waals surface area contributed by atoms with E-state index >= 15 is 0 Å². The second-order valence-corrected chi connectivity index (χ2v) is 5.54. The van der Waals surface area contributed by atoms with Crippen LogP contribution in [-0.2, 0) is 6.42 Å². The van der Waals surface area contributed by atoms with Gasteiger partial charge in [0.25, 0.3) is 0 Å². The minimum Gasteiger partial charge on any atom is -0.488 e. The van der Waals surface area contributed by atoms with Crippen LogP contribution in [0.4, 0.5) is 0 Å². The van der Waals surface area contributed by atoms with E-state index in [1.54, 1.807) is 0 Å². The first-order valence-corrected chi connectivity index (χ1v) is 7.19. The normalized spacial score (nSPS) is 17.0. The minimum atomic E-state index is 0.112. The van der Waals surface area contributed by atoms with Crippen molar-refractivity contribution < 1.29 is 4.74 Å². The van der Waals surface area contributed by atoms with E-state index in [-0.39, 0.29) is 6.10 Å². The van der Waals surface area contributed by atoms with Gasteiger partial charge in [0.1, 0.15) is 17.7 Å². The van der Waals surface area contributed by atoms with Crippen molar-refractivity contribution in [2.45, 2.75) is 19.4 Å². The fourth-order valence-corrected chi connectivity index (χ4v) is 3.01. The van der Waals surface area contributed by atoms with Crippen LogP contribution in [0, 0.1) is 6.92 Å². The van der Waals surface area contributed by atoms with E-state index in [0.29, 0.717) is 6.54 Å². The molecule has 4 rings (SSSR count). The lowest BCUT2D eigenvalue weighted by Gasteiger charge is -2.06. The maximum Gasteiger partial charge on any atom is 0.123 e. The number of H-pyrrole nitrogens is 1. The number of hydrogen-bond donors (Lipinski definition) is 2. The van der Waals surface area contributed by atoms with Gasteiger partial charge in [-0.2, -0.15) is 0 Å². The quantitative estimate of drug-likeness (QED) is 0.758. The summed E-state index contributed by atoms with van der Waals surface area (Å²) in [6.07, 6.45) is 2.88. The number of imidazole rings is 1. The van der Waals surface area contributed by atoms with Gasteiger partial charge in [-0.15, -0.1) is 0 Å². The van der Waals surface area contributed by atoms with Crippen LogP contribution in [0.5, 0.6) is 5.75 Å². The molecular formula is C17H17N3O. The Kier molecular flexibility index (Phi) is 2.72. The van der Waals surface area contributed by atoms with Gasteiger partial charge in [0.15, 0.2) is 0 Å². The molecule has 0 aliphatic carbocycles. The van der Waals surface area contributed by atoms with E-state index in [1.165, 1.54) is 16.3 Å². The van der Waals surface area contributed by atoms with Crippen molar-refractivity contribution in [2.75, 3.05) is 6.54 Å². The lowest BCUT2D eigenvalue weighted by Crippen LogP contribution is -2.24. The molecule has 1 atom stereocenters. The highest BCUT2D eigenvalue weighted by Gasteiger charge is 2.23. The highest BCUT2D eigenvalue weighted by atomic mass is 16.5. The summed E-state index contributed by atoms with van der Waals surface area (Å²) in [6.45, 7) is 2.52. The van der Waals surface area contributed by atoms with Gasteiger partial charge in [0.2, 0.25) is 0 Å². The maximum atomic E-state index is 5.84. The van der Waals surface area contributed by atoms with Crippen LogP contribution in [0.1, 0.15) is 11.4 Å². The van der Waals surface area contributed by atoms with Crippen LogP contribution in [0.3, 0.4) is 0 Å². The average Bonchev–Trinajstić information content (AvgIpc) is 3.12. The lowest BCUT2D eigenvalue weighted by molar-refractivity contribution is 0.241. The molecule has 3 aromatic rings. The van der Waals surface area contributed by atoms with Crippen LogP contribution in [0.15, 0.2) is 36.5 Å². The number of hydrogen-bond acceptors (Lipinski definition) is 3. The first-order valence-electron chi connectivity index (χ1n) is 7.19. The summed E-state index contributed by atoms with van der Waals surface area (Å²) in [5.41, 5.74) is 9.19. The third kappa shape index (κ3) is 1.99. The minimum absolute atomic E-state index is 0.112. The van der Waals surface area contributed by atoms with E-state index in [4.69, 9.17) is 10.5 Å². The summed E-state index contributed by atoms with van der Waals surface area (Å²) < 4.78 is 5.84. The molecule has 106 valence electrons. The number of ether oxygens (including phenoxy) is 1. The van der Waals surface area contributed by atoms with Gasteiger partial charge in [-0.25, -0.2) is 4.98 Å². The van der Waals surface area contributed by atoms with Crippen molar-refractivity contribution in [1.29, 1.82) is 0 Å². The van der Waals surface area contributed by atoms with Gasteiger partial charge in [0.05, 0.1) is 11.9 Å². The predicted octanol–water partition coefficient (Wildman–Crippen LogP) is 2.80. The topological polar surface area (TPSA) is 63.9 Å². The van der Waals surface area contributed by atoms with Gasteiger partial charge < -0.3 is 15.5 Å². The number of fused-ring (bicyclic) bond motifs is 3. The van der Waals surface area contributed by atoms with Crippen LogP contribution < -0.4 is 10.5 Å². The van der Waals surface area contributed by atoms with Crippen LogP contribution in [-0.4, -0.2) is 22.6 Å². The monoisotopic (exact) mass is 279 g/mol. The van der Waals surface area contributed by atoms with Gasteiger partial charge in [-0.1, -0.05) is 18.2 Å². The molecule has 0 radical (unpaired) electrons. The molecule has 0 amide bonds. The number of nitrogens with two attached hydrogens (primary N) is 1. The van der Waals surface area contributed by atoms with E-state index in [1.807, 2.05) is 13.1 Å². The Bertz CT molecular complexity index is 822. The molecule has 0 fully saturated rings. The Hall–Kier alpha value is -2.33. The van der Waals surface area contributed by atoms with E-state index < -0.39 is 0 Å². The fraction of sp³-hybridized carbons (Fsp3) is 0.235. The zero-order valence-electron chi connectivity index (χ0n) is 11.9. The summed E-state index contributed by atoms with van der Waals surface area (Å²) >= 11 is 0. The number of nitrogens with zero attached hydrogens (tertiary/aromatic N) is 1. The number of rotatable bonds is 2. The molecule has 3 N–H and O–H groups in total. The van der Waals surface area contributed by atoms with Crippen LogP contribution >= 0.6 is 0 Å². The fourth-order valence-electron chi connectivity index (χ4n) is 3.01. The Balaban J connectivity index is 1.82. The number of aromatic amines is 1. The molecule has 0 bridgehead atoms. The van der Waals surface area contributed by atoms with Crippen molar-refractivity contribution >= 4 is 10.8 Å². The summed E-state index contributed by atoms with van der Waals surface area (Å²) in [7, 11) is 0. The lowest BCUT2D eigenvalue weighted by atomic mass is 9.98. The molecule has 0 saturated heterocycles. The Morgan fingerprint density at radius 1 is 1.33 bits per heavy atom. The molecule has 0 unspecified atom stereocenters. The molecule has 2 aromatic carbocycles. The molecule has 4 nitrogen and oxygen atoms in total. The van der Waals surface area contributed by atoms with Crippen molar-refractivity contribution in [3.63, 3.8) is 0 Å². The highest BCUT2D eigenvalue weighted by molar-refractivity contribution is 5.91. The second-order valence-electron chi connectivity index (χ2n) is 5.54. The van der Waals surface area contributed by atoms with E-state index in [9.17, 15) is 0 Å². The standard InChI is InChI=1S/C17H17N3O/c1-10-19-9-16(20-10)12-2-4-14-11(6-12)3-5-17-15(14)7-13(8-18)21-17/h2-6,9,13H,7-8,18H2,1H3,(H,19,20)/t13-/m1/s1. The smallest absolute Gasteiger partial charge is 0.123 e. The molecule has 1 aliphatic heterocycles. The number of aryl methyl sites for hydroxylation is 1. The molecule has 1 aromatic heterocycles. The van der Waals surface area contributed by atoms with Gasteiger partial charge in [0, 0.05) is 24.1 Å². The molecule has 1 aliphatic rings. The summed E-state index contributed by atoms with van der Waals surface area (Å²) in [5, 5.41) is 2.48. The number of aromatic nitrogens is 2. The summed E-state index contributed by atoms with van der Waals surface area (Å²) in [6, 6.07) is 10.7. The first-order chi connectivity index (χ1) is 10.2. The number of nitrogens with one attached hydrogen (secondary N) is 1. The first kappa shape index (κ1) is 12.4. The van der Waals surface area contributed by atoms with Crippen LogP contribution in [0.25, 0.3) is 22.0 Å². The third-order valence-corrected chi connectivity index (χ3v) is 4.09. The van der Waals surface area contributed by atoms with E-state index in [2.05, 4.69) is 40.3 Å². The van der Waals surface area contributed by atoms with Gasteiger partial charge in [-0.3, -0.25) is 0 Å². The third-order valence-electron chi connectivity index (χ3n) is 4.09. The largest absolute Gasteiger partial charge is 0.488 e. The summed E-state index contributed by atoms with van der Waals surface area (Å²) in [5.74, 6) is 1.90. The maximum absolute atomic E-state index is 5.84. The van der Waals surface area contributed by atoms with Crippen molar-refractivity contribution in [3.05, 3.63) is 47.9 Å². The van der Waals surface area contributed by atoms with Crippen molar-refractivity contribution in [1.82, 2.24) is 9.97 Å². The molecule has 4 heteroatoms. The molecule has 21 heavy (non-hydrogen) atoms. The second kappa shape index (κ2) is 4.60. The zero-order chi connectivity index (χ0) is 14.4. The van der Waals surface area contributed by atoms with Crippen molar-refractivity contribution in [2.24, 2.45) is 5.73 Å². The Labute approximate surface area is 123 Å². The van der Waals surface area contributed by atoms with E-state index in [0.717, 1.165) is 29.3 Å². The predicted molar refractivity (Wildman–Crippen MR) is 83.4 cm³/mol. The Morgan fingerprint density at radius 3 is 3.00 bits per heavy atom. The van der Waals surface area contributed by atoms with Gasteiger partial charge >= 0.3 is 0 Å². The van der Waals surface area contributed by atoms with Gasteiger partial charge in [-0.05, 0) is 29.8 Å². The molecule has 0 spiro atoms.